The number of hydrogen-bond donors (Lipinski definition) is 3. The van der Waals surface area contributed by atoms with Gasteiger partial charge in [-0.15, -0.1) is 0 Å². The summed E-state index contributed by atoms with van der Waals surface area (Å²) in [5.41, 5.74) is 5.53. The molecular formula is C13H18N4O3. The number of amides is 1. The molecule has 1 atom stereocenters. The molecule has 1 saturated heterocycles. The number of pyridine rings is 1. The number of aromatic nitrogens is 1. The first-order chi connectivity index (χ1) is 9.39. The second kappa shape index (κ2) is 4.99. The Morgan fingerprint density at radius 2 is 2.25 bits per heavy atom. The van der Waals surface area contributed by atoms with Gasteiger partial charge < -0.3 is 21.1 Å². The lowest BCUT2D eigenvalue weighted by Gasteiger charge is -2.24. The van der Waals surface area contributed by atoms with E-state index in [0.717, 1.165) is 0 Å². The van der Waals surface area contributed by atoms with Crippen LogP contribution in [0.25, 0.3) is 0 Å². The highest BCUT2D eigenvalue weighted by Gasteiger charge is 2.40. The fourth-order valence-corrected chi connectivity index (χ4v) is 2.53. The number of carbonyl (C=O) groups excluding carboxylic acids is 1. The summed E-state index contributed by atoms with van der Waals surface area (Å²) in [5.74, 6) is -0.690. The molecule has 20 heavy (non-hydrogen) atoms. The zero-order valence-corrected chi connectivity index (χ0v) is 11.5. The van der Waals surface area contributed by atoms with Crippen LogP contribution in [0.1, 0.15) is 23.7 Å². The van der Waals surface area contributed by atoms with E-state index in [1.54, 1.807) is 7.05 Å². The third-order valence-electron chi connectivity index (χ3n) is 3.75. The monoisotopic (exact) mass is 278 g/mol. The average molecular weight is 278 g/mol. The smallest absolute Gasteiger partial charge is 0.337 e. The summed E-state index contributed by atoms with van der Waals surface area (Å²) >= 11 is 0. The lowest BCUT2D eigenvalue weighted by Crippen LogP contribution is -2.39. The molecule has 7 heteroatoms. The third kappa shape index (κ3) is 2.26. The number of aromatic carboxylic acids is 1. The van der Waals surface area contributed by atoms with Crippen molar-refractivity contribution in [2.24, 2.45) is 5.41 Å². The Morgan fingerprint density at radius 3 is 2.85 bits per heavy atom. The second-order valence-corrected chi connectivity index (χ2v) is 5.21. The third-order valence-corrected chi connectivity index (χ3v) is 3.75. The van der Waals surface area contributed by atoms with Crippen molar-refractivity contribution in [2.75, 3.05) is 30.8 Å². The van der Waals surface area contributed by atoms with Gasteiger partial charge in [0.1, 0.15) is 0 Å². The van der Waals surface area contributed by atoms with Crippen LogP contribution in [-0.2, 0) is 4.79 Å². The molecule has 1 aromatic heterocycles. The van der Waals surface area contributed by atoms with Gasteiger partial charge in [-0.25, -0.2) is 9.78 Å². The molecule has 2 rings (SSSR count). The Kier molecular flexibility index (Phi) is 3.52. The fraction of sp³-hybridized carbons (Fsp3) is 0.462. The molecule has 1 fully saturated rings. The van der Waals surface area contributed by atoms with Gasteiger partial charge in [-0.3, -0.25) is 4.79 Å². The number of nitrogens with two attached hydrogens (primary N) is 1. The van der Waals surface area contributed by atoms with Gasteiger partial charge in [-0.2, -0.15) is 0 Å². The van der Waals surface area contributed by atoms with Crippen molar-refractivity contribution in [1.29, 1.82) is 0 Å². The predicted molar refractivity (Wildman–Crippen MR) is 74.6 cm³/mol. The van der Waals surface area contributed by atoms with E-state index in [4.69, 9.17) is 10.8 Å². The van der Waals surface area contributed by atoms with Crippen LogP contribution in [-0.4, -0.2) is 42.1 Å². The summed E-state index contributed by atoms with van der Waals surface area (Å²) in [6, 6.07) is 1.37. The van der Waals surface area contributed by atoms with Crippen LogP contribution in [0.4, 0.5) is 11.5 Å². The molecule has 1 aromatic rings. The molecule has 0 spiro atoms. The molecule has 2 heterocycles. The Balaban J connectivity index is 2.29. The van der Waals surface area contributed by atoms with Crippen LogP contribution >= 0.6 is 0 Å². The standard InChI is InChI=1S/C13H18N4O3/c1-13(12(20)15-2)4-6-17(7-13)10-9(14)8(11(18)19)3-5-16-10/h3,5H,4,6-7,14H2,1-2H3,(H,15,20)(H,18,19). The molecule has 0 aliphatic carbocycles. The quantitative estimate of drug-likeness (QED) is 0.735. The van der Waals surface area contributed by atoms with Crippen molar-refractivity contribution >= 4 is 23.4 Å². The Labute approximate surface area is 116 Å². The fourth-order valence-electron chi connectivity index (χ4n) is 2.53. The van der Waals surface area contributed by atoms with E-state index >= 15 is 0 Å². The summed E-state index contributed by atoms with van der Waals surface area (Å²) in [6.07, 6.45) is 2.09. The van der Waals surface area contributed by atoms with Crippen molar-refractivity contribution in [2.45, 2.75) is 13.3 Å². The van der Waals surface area contributed by atoms with Crippen LogP contribution in [0, 0.1) is 5.41 Å². The molecule has 4 N–H and O–H groups in total. The number of anilines is 2. The topological polar surface area (TPSA) is 109 Å². The molecule has 1 amide bonds. The van der Waals surface area contributed by atoms with Gasteiger partial charge in [0.25, 0.3) is 0 Å². The maximum absolute atomic E-state index is 11.9. The first kappa shape index (κ1) is 14.1. The van der Waals surface area contributed by atoms with Gasteiger partial charge in [0.05, 0.1) is 16.7 Å². The minimum absolute atomic E-state index is 0.0311. The van der Waals surface area contributed by atoms with Crippen molar-refractivity contribution in [1.82, 2.24) is 10.3 Å². The van der Waals surface area contributed by atoms with E-state index in [-0.39, 0.29) is 17.2 Å². The van der Waals surface area contributed by atoms with E-state index in [9.17, 15) is 9.59 Å². The summed E-state index contributed by atoms with van der Waals surface area (Å²) in [7, 11) is 1.61. The molecule has 0 bridgehead atoms. The van der Waals surface area contributed by atoms with E-state index in [2.05, 4.69) is 10.3 Å². The molecule has 0 radical (unpaired) electrons. The summed E-state index contributed by atoms with van der Waals surface area (Å²) in [6.45, 7) is 2.96. The lowest BCUT2D eigenvalue weighted by atomic mass is 9.89. The zero-order chi connectivity index (χ0) is 14.9. The zero-order valence-electron chi connectivity index (χ0n) is 11.5. The number of carboxylic acid groups (broad SMARTS) is 1. The van der Waals surface area contributed by atoms with Crippen LogP contribution < -0.4 is 16.0 Å². The molecule has 7 nitrogen and oxygen atoms in total. The van der Waals surface area contributed by atoms with Gasteiger partial charge in [0, 0.05) is 26.3 Å². The minimum Gasteiger partial charge on any atom is -0.478 e. The number of nitrogens with zero attached hydrogens (tertiary/aromatic N) is 2. The molecule has 1 aliphatic rings. The molecule has 108 valence electrons. The molecule has 1 unspecified atom stereocenters. The van der Waals surface area contributed by atoms with E-state index in [1.807, 2.05) is 11.8 Å². The van der Waals surface area contributed by atoms with E-state index in [0.29, 0.717) is 25.3 Å². The SMILES string of the molecule is CNC(=O)C1(C)CCN(c2nccc(C(=O)O)c2N)C1. The van der Waals surface area contributed by atoms with Crippen molar-refractivity contribution in [3.05, 3.63) is 17.8 Å². The number of rotatable bonds is 3. The summed E-state index contributed by atoms with van der Waals surface area (Å²) in [5, 5.41) is 11.7. The highest BCUT2D eigenvalue weighted by molar-refractivity contribution is 5.96. The number of nitrogen functional groups attached to an aromatic ring is 1. The number of nitrogens with one attached hydrogen (secondary N) is 1. The molecular weight excluding hydrogens is 260 g/mol. The normalized spacial score (nSPS) is 21.8. The Hall–Kier alpha value is -2.31. The highest BCUT2D eigenvalue weighted by Crippen LogP contribution is 2.35. The molecule has 0 saturated carbocycles. The first-order valence-electron chi connectivity index (χ1n) is 6.34. The van der Waals surface area contributed by atoms with Gasteiger partial charge in [-0.1, -0.05) is 0 Å². The maximum Gasteiger partial charge on any atom is 0.337 e. The van der Waals surface area contributed by atoms with Crippen LogP contribution in [0.15, 0.2) is 12.3 Å². The lowest BCUT2D eigenvalue weighted by molar-refractivity contribution is -0.128. The molecule has 1 aliphatic heterocycles. The second-order valence-electron chi connectivity index (χ2n) is 5.21. The van der Waals surface area contributed by atoms with E-state index in [1.165, 1.54) is 12.3 Å². The van der Waals surface area contributed by atoms with Crippen molar-refractivity contribution < 1.29 is 14.7 Å². The van der Waals surface area contributed by atoms with Crippen molar-refractivity contribution in [3.63, 3.8) is 0 Å². The summed E-state index contributed by atoms with van der Waals surface area (Å²) < 4.78 is 0. The maximum atomic E-state index is 11.9. The molecule has 0 aromatic carbocycles. The number of hydrogen-bond acceptors (Lipinski definition) is 5. The van der Waals surface area contributed by atoms with Crippen LogP contribution in [0.5, 0.6) is 0 Å². The minimum atomic E-state index is -1.08. The van der Waals surface area contributed by atoms with Gasteiger partial charge in [0.2, 0.25) is 5.91 Å². The van der Waals surface area contributed by atoms with Gasteiger partial charge in [0.15, 0.2) is 5.82 Å². The predicted octanol–water partition coefficient (Wildman–Crippen LogP) is 0.324. The Bertz CT molecular complexity index is 561. The first-order valence-corrected chi connectivity index (χ1v) is 6.34. The van der Waals surface area contributed by atoms with E-state index < -0.39 is 11.4 Å². The summed E-state index contributed by atoms with van der Waals surface area (Å²) in [4.78, 5) is 29.0. The average Bonchev–Trinajstić information content (AvgIpc) is 2.81. The van der Waals surface area contributed by atoms with Crippen molar-refractivity contribution in [3.8, 4) is 0 Å². The van der Waals surface area contributed by atoms with Crippen LogP contribution in [0.3, 0.4) is 0 Å². The number of carbonyl (C=O) groups is 2. The Morgan fingerprint density at radius 1 is 1.55 bits per heavy atom. The van der Waals surface area contributed by atoms with Gasteiger partial charge >= 0.3 is 5.97 Å². The highest BCUT2D eigenvalue weighted by atomic mass is 16.4. The van der Waals surface area contributed by atoms with Crippen LogP contribution in [0.2, 0.25) is 0 Å². The van der Waals surface area contributed by atoms with Gasteiger partial charge in [-0.05, 0) is 19.4 Å². The number of carboxylic acids is 1. The largest absolute Gasteiger partial charge is 0.478 e.